The van der Waals surface area contributed by atoms with Crippen LogP contribution in [0.4, 0.5) is 0 Å². The first kappa shape index (κ1) is 19.4. The fraction of sp³-hybridized carbons (Fsp3) is 0.478. The molecule has 2 aromatic carbocycles. The Bertz CT molecular complexity index is 655. The molecule has 2 heteroatoms. The standard InChI is InChI=1S/C23H32O2/c1-5-7-9-18-11-13-22(24)20(16(18)3)15-21-17(4)19(10-8-6-2)12-14-23(21)25/h11-14,24-25H,5-10,15H2,1-4H3. The van der Waals surface area contributed by atoms with E-state index in [0.717, 1.165) is 60.8 Å². The van der Waals surface area contributed by atoms with E-state index in [2.05, 4.69) is 27.7 Å². The van der Waals surface area contributed by atoms with E-state index in [4.69, 9.17) is 0 Å². The van der Waals surface area contributed by atoms with Gasteiger partial charge in [0.05, 0.1) is 0 Å². The Labute approximate surface area is 152 Å². The Kier molecular flexibility index (Phi) is 6.92. The van der Waals surface area contributed by atoms with Crippen LogP contribution in [-0.2, 0) is 19.3 Å². The summed E-state index contributed by atoms with van der Waals surface area (Å²) >= 11 is 0. The fourth-order valence-electron chi connectivity index (χ4n) is 3.48. The average Bonchev–Trinajstić information content (AvgIpc) is 2.59. The highest BCUT2D eigenvalue weighted by Crippen LogP contribution is 2.33. The number of phenolic OH excluding ortho intramolecular Hbond substituents is 2. The van der Waals surface area contributed by atoms with Gasteiger partial charge in [0.15, 0.2) is 0 Å². The van der Waals surface area contributed by atoms with Crippen LogP contribution in [-0.4, -0.2) is 10.2 Å². The van der Waals surface area contributed by atoms with Gasteiger partial charge in [-0.1, -0.05) is 38.8 Å². The Morgan fingerprint density at radius 3 is 1.44 bits per heavy atom. The minimum absolute atomic E-state index is 0.329. The average molecular weight is 341 g/mol. The highest BCUT2D eigenvalue weighted by Gasteiger charge is 2.15. The van der Waals surface area contributed by atoms with Crippen molar-refractivity contribution in [1.82, 2.24) is 0 Å². The van der Waals surface area contributed by atoms with Gasteiger partial charge in [-0.2, -0.15) is 0 Å². The van der Waals surface area contributed by atoms with E-state index in [9.17, 15) is 10.2 Å². The number of aromatic hydroxyl groups is 2. The van der Waals surface area contributed by atoms with E-state index in [0.29, 0.717) is 17.9 Å². The minimum Gasteiger partial charge on any atom is -0.508 e. The topological polar surface area (TPSA) is 40.5 Å². The maximum absolute atomic E-state index is 10.4. The molecule has 0 aliphatic rings. The van der Waals surface area contributed by atoms with Crippen LogP contribution < -0.4 is 0 Å². The minimum atomic E-state index is 0.329. The summed E-state index contributed by atoms with van der Waals surface area (Å²) in [5.74, 6) is 0.658. The van der Waals surface area contributed by atoms with Crippen LogP contribution in [0.3, 0.4) is 0 Å². The molecular formula is C23H32O2. The second kappa shape index (κ2) is 8.94. The van der Waals surface area contributed by atoms with Gasteiger partial charge < -0.3 is 10.2 Å². The molecule has 0 spiro atoms. The molecule has 0 atom stereocenters. The molecule has 0 fully saturated rings. The van der Waals surface area contributed by atoms with Gasteiger partial charge in [0.1, 0.15) is 11.5 Å². The van der Waals surface area contributed by atoms with Crippen LogP contribution >= 0.6 is 0 Å². The zero-order chi connectivity index (χ0) is 18.4. The second-order valence-electron chi connectivity index (χ2n) is 7.08. The number of unbranched alkanes of at least 4 members (excludes halogenated alkanes) is 2. The quantitative estimate of drug-likeness (QED) is 0.619. The van der Waals surface area contributed by atoms with Crippen LogP contribution in [0.15, 0.2) is 24.3 Å². The predicted octanol–water partition coefficient (Wildman–Crippen LogP) is 5.99. The van der Waals surface area contributed by atoms with Crippen molar-refractivity contribution in [1.29, 1.82) is 0 Å². The number of hydrogen-bond acceptors (Lipinski definition) is 2. The van der Waals surface area contributed by atoms with E-state index in [1.54, 1.807) is 12.1 Å². The highest BCUT2D eigenvalue weighted by atomic mass is 16.3. The van der Waals surface area contributed by atoms with Crippen molar-refractivity contribution in [2.45, 2.75) is 72.6 Å². The number of aryl methyl sites for hydroxylation is 2. The van der Waals surface area contributed by atoms with E-state index in [1.165, 1.54) is 11.1 Å². The first-order chi connectivity index (χ1) is 12.0. The summed E-state index contributed by atoms with van der Waals surface area (Å²) in [7, 11) is 0. The Morgan fingerprint density at radius 2 is 1.08 bits per heavy atom. The van der Waals surface area contributed by atoms with Gasteiger partial charge in [-0.3, -0.25) is 0 Å². The molecule has 0 aliphatic carbocycles. The maximum atomic E-state index is 10.4. The summed E-state index contributed by atoms with van der Waals surface area (Å²) in [5.41, 5.74) is 6.81. The molecule has 0 aliphatic heterocycles. The third-order valence-electron chi connectivity index (χ3n) is 5.32. The Morgan fingerprint density at radius 1 is 0.680 bits per heavy atom. The van der Waals surface area contributed by atoms with Gasteiger partial charge in [-0.25, -0.2) is 0 Å². The third-order valence-corrected chi connectivity index (χ3v) is 5.32. The molecule has 2 aromatic rings. The van der Waals surface area contributed by atoms with Crippen molar-refractivity contribution in [2.24, 2.45) is 0 Å². The SMILES string of the molecule is CCCCc1ccc(O)c(Cc2c(O)ccc(CCCC)c2C)c1C. The second-order valence-corrected chi connectivity index (χ2v) is 7.08. The third kappa shape index (κ3) is 4.56. The van der Waals surface area contributed by atoms with Crippen LogP contribution in [0.25, 0.3) is 0 Å². The molecule has 2 N–H and O–H groups in total. The molecule has 0 saturated heterocycles. The molecule has 25 heavy (non-hydrogen) atoms. The molecule has 136 valence electrons. The highest BCUT2D eigenvalue weighted by molar-refractivity contribution is 5.51. The number of rotatable bonds is 8. The molecule has 0 unspecified atom stereocenters. The first-order valence-corrected chi connectivity index (χ1v) is 9.60. The fourth-order valence-corrected chi connectivity index (χ4v) is 3.48. The van der Waals surface area contributed by atoms with Crippen molar-refractivity contribution >= 4 is 0 Å². The number of hydrogen-bond donors (Lipinski definition) is 2. The molecule has 0 radical (unpaired) electrons. The molecule has 0 aromatic heterocycles. The molecule has 0 saturated carbocycles. The lowest BCUT2D eigenvalue weighted by Gasteiger charge is -2.17. The van der Waals surface area contributed by atoms with E-state index in [1.807, 2.05) is 12.1 Å². The maximum Gasteiger partial charge on any atom is 0.119 e. The van der Waals surface area contributed by atoms with Gasteiger partial charge in [0.2, 0.25) is 0 Å². The van der Waals surface area contributed by atoms with Gasteiger partial charge in [-0.15, -0.1) is 0 Å². The van der Waals surface area contributed by atoms with E-state index < -0.39 is 0 Å². The molecule has 0 amide bonds. The first-order valence-electron chi connectivity index (χ1n) is 9.60. The molecule has 0 heterocycles. The monoisotopic (exact) mass is 340 g/mol. The molecular weight excluding hydrogens is 308 g/mol. The summed E-state index contributed by atoms with van der Waals surface area (Å²) in [5, 5.41) is 20.8. The van der Waals surface area contributed by atoms with Crippen LogP contribution in [0.2, 0.25) is 0 Å². The van der Waals surface area contributed by atoms with Gasteiger partial charge in [0, 0.05) is 17.5 Å². The molecule has 2 rings (SSSR count). The van der Waals surface area contributed by atoms with Gasteiger partial charge in [0.25, 0.3) is 0 Å². The van der Waals surface area contributed by atoms with E-state index >= 15 is 0 Å². The Balaban J connectivity index is 2.39. The zero-order valence-corrected chi connectivity index (χ0v) is 16.2. The summed E-state index contributed by atoms with van der Waals surface area (Å²) in [6.07, 6.45) is 7.29. The van der Waals surface area contributed by atoms with Crippen molar-refractivity contribution in [3.63, 3.8) is 0 Å². The number of benzene rings is 2. The lowest BCUT2D eigenvalue weighted by molar-refractivity contribution is 0.461. The summed E-state index contributed by atoms with van der Waals surface area (Å²) in [6, 6.07) is 7.68. The van der Waals surface area contributed by atoms with Crippen molar-refractivity contribution in [3.8, 4) is 11.5 Å². The van der Waals surface area contributed by atoms with E-state index in [-0.39, 0.29) is 0 Å². The van der Waals surface area contributed by atoms with Gasteiger partial charge >= 0.3 is 0 Å². The molecule has 2 nitrogen and oxygen atoms in total. The normalized spacial score (nSPS) is 11.0. The van der Waals surface area contributed by atoms with Crippen molar-refractivity contribution in [2.75, 3.05) is 0 Å². The van der Waals surface area contributed by atoms with Crippen LogP contribution in [0, 0.1) is 13.8 Å². The van der Waals surface area contributed by atoms with Crippen LogP contribution in [0.1, 0.15) is 72.9 Å². The lowest BCUT2D eigenvalue weighted by Crippen LogP contribution is -2.02. The number of phenols is 2. The lowest BCUT2D eigenvalue weighted by atomic mass is 9.89. The molecule has 0 bridgehead atoms. The van der Waals surface area contributed by atoms with Crippen LogP contribution in [0.5, 0.6) is 11.5 Å². The Hall–Kier alpha value is -1.96. The van der Waals surface area contributed by atoms with Gasteiger partial charge in [-0.05, 0) is 73.9 Å². The zero-order valence-electron chi connectivity index (χ0n) is 16.2. The predicted molar refractivity (Wildman–Crippen MR) is 106 cm³/mol. The van der Waals surface area contributed by atoms with Crippen molar-refractivity contribution < 1.29 is 10.2 Å². The largest absolute Gasteiger partial charge is 0.508 e. The summed E-state index contributed by atoms with van der Waals surface area (Å²) in [6.45, 7) is 8.57. The smallest absolute Gasteiger partial charge is 0.119 e. The van der Waals surface area contributed by atoms with Crippen molar-refractivity contribution in [3.05, 3.63) is 57.6 Å². The summed E-state index contributed by atoms with van der Waals surface area (Å²) in [4.78, 5) is 0. The summed E-state index contributed by atoms with van der Waals surface area (Å²) < 4.78 is 0.